The van der Waals surface area contributed by atoms with E-state index in [0.717, 1.165) is 0 Å². The van der Waals surface area contributed by atoms with Gasteiger partial charge in [-0.3, -0.25) is 9.80 Å². The van der Waals surface area contributed by atoms with Gasteiger partial charge in [0.15, 0.2) is 0 Å². The summed E-state index contributed by atoms with van der Waals surface area (Å²) in [5.41, 5.74) is 9.67. The predicted octanol–water partition coefficient (Wildman–Crippen LogP) is 7.64. The first kappa shape index (κ1) is 24.5. The van der Waals surface area contributed by atoms with Crippen molar-refractivity contribution in [3.05, 3.63) is 69.8 Å². The summed E-state index contributed by atoms with van der Waals surface area (Å²) in [5.74, 6) is 1.21. The molecule has 4 rings (SSSR count). The zero-order chi connectivity index (χ0) is 23.5. The fraction of sp³-hybridized carbons (Fsp3) is 0.613. The normalized spacial score (nSPS) is 21.5. The maximum Gasteiger partial charge on any atom is 0.0350 e. The van der Waals surface area contributed by atoms with Crippen molar-refractivity contribution in [3.8, 4) is 0 Å². The van der Waals surface area contributed by atoms with E-state index in [1.54, 1.807) is 33.4 Å². The second-order valence-corrected chi connectivity index (χ2v) is 11.3. The van der Waals surface area contributed by atoms with Gasteiger partial charge in [-0.1, -0.05) is 83.4 Å². The van der Waals surface area contributed by atoms with Crippen LogP contribution < -0.4 is 0 Å². The van der Waals surface area contributed by atoms with Gasteiger partial charge in [0.05, 0.1) is 0 Å². The molecule has 0 spiro atoms. The second kappa shape index (κ2) is 10.7. The molecule has 2 aliphatic heterocycles. The first-order valence-corrected chi connectivity index (χ1v) is 13.5. The third kappa shape index (κ3) is 5.23. The van der Waals surface area contributed by atoms with Crippen molar-refractivity contribution in [3.63, 3.8) is 0 Å². The fourth-order valence-corrected chi connectivity index (χ4v) is 6.45. The Kier molecular flexibility index (Phi) is 7.97. The predicted molar refractivity (Wildman–Crippen MR) is 142 cm³/mol. The van der Waals surface area contributed by atoms with Gasteiger partial charge in [0.1, 0.15) is 0 Å². The van der Waals surface area contributed by atoms with Gasteiger partial charge in [0, 0.05) is 25.2 Å². The fourth-order valence-electron chi connectivity index (χ4n) is 6.45. The highest BCUT2D eigenvalue weighted by atomic mass is 15.1. The minimum Gasteiger partial charge on any atom is -0.299 e. The smallest absolute Gasteiger partial charge is 0.0350 e. The SMILES string of the molecule is CC(C)c1cccc2c1C(CCCCCC1c3c(cccc3C(C)C)CCN1C)N(C)CC2. The van der Waals surface area contributed by atoms with Crippen LogP contribution in [0.1, 0.15) is 117 Å². The summed E-state index contributed by atoms with van der Waals surface area (Å²) in [5, 5.41) is 0. The van der Waals surface area contributed by atoms with Gasteiger partial charge in [-0.05, 0) is 85.0 Å². The Morgan fingerprint density at radius 3 is 1.48 bits per heavy atom. The van der Waals surface area contributed by atoms with Crippen LogP contribution in [-0.2, 0) is 12.8 Å². The lowest BCUT2D eigenvalue weighted by atomic mass is 9.82. The van der Waals surface area contributed by atoms with Crippen molar-refractivity contribution in [2.75, 3.05) is 27.2 Å². The van der Waals surface area contributed by atoms with Crippen molar-refractivity contribution < 1.29 is 0 Å². The molecule has 0 saturated heterocycles. The van der Waals surface area contributed by atoms with Gasteiger partial charge < -0.3 is 0 Å². The van der Waals surface area contributed by atoms with Gasteiger partial charge in [-0.2, -0.15) is 0 Å². The molecule has 2 heterocycles. The Labute approximate surface area is 203 Å². The Morgan fingerprint density at radius 2 is 1.09 bits per heavy atom. The van der Waals surface area contributed by atoms with Crippen LogP contribution in [0.5, 0.6) is 0 Å². The molecule has 0 amide bonds. The average molecular weight is 447 g/mol. The molecule has 0 saturated carbocycles. The number of hydrogen-bond acceptors (Lipinski definition) is 2. The van der Waals surface area contributed by atoms with Gasteiger partial charge in [0.2, 0.25) is 0 Å². The molecule has 2 nitrogen and oxygen atoms in total. The topological polar surface area (TPSA) is 6.48 Å². The lowest BCUT2D eigenvalue weighted by Crippen LogP contribution is -2.33. The van der Waals surface area contributed by atoms with E-state index in [-0.39, 0.29) is 0 Å². The van der Waals surface area contributed by atoms with E-state index in [0.29, 0.717) is 23.9 Å². The monoisotopic (exact) mass is 446 g/mol. The number of likely N-dealkylation sites (N-methyl/N-ethyl adjacent to an activating group) is 2. The average Bonchev–Trinajstić information content (AvgIpc) is 2.80. The Hall–Kier alpha value is -1.64. The quantitative estimate of drug-likeness (QED) is 0.384. The number of nitrogens with zero attached hydrogens (tertiary/aromatic N) is 2. The molecule has 0 N–H and O–H groups in total. The van der Waals surface area contributed by atoms with Crippen molar-refractivity contribution in [1.29, 1.82) is 0 Å². The molecular weight excluding hydrogens is 400 g/mol. The molecule has 180 valence electrons. The summed E-state index contributed by atoms with van der Waals surface area (Å²) in [6.45, 7) is 11.8. The molecule has 0 aromatic heterocycles. The van der Waals surface area contributed by atoms with E-state index < -0.39 is 0 Å². The van der Waals surface area contributed by atoms with E-state index >= 15 is 0 Å². The van der Waals surface area contributed by atoms with Crippen LogP contribution in [0.15, 0.2) is 36.4 Å². The van der Waals surface area contributed by atoms with Gasteiger partial charge in [-0.15, -0.1) is 0 Å². The van der Waals surface area contributed by atoms with Crippen LogP contribution >= 0.6 is 0 Å². The molecule has 2 aliphatic rings. The standard InChI is InChI=1S/C31H46N2/c1-22(2)26-14-10-12-24-18-20-32(5)28(30(24)26)16-8-7-9-17-29-31-25(19-21-33(29)6)13-11-15-27(31)23(3)4/h10-15,22-23,28-29H,7-9,16-21H2,1-6H3. The summed E-state index contributed by atoms with van der Waals surface area (Å²) in [6.07, 6.45) is 8.99. The molecule has 2 aromatic carbocycles. The van der Waals surface area contributed by atoms with E-state index in [9.17, 15) is 0 Å². The molecular formula is C31H46N2. The molecule has 0 aliphatic carbocycles. The summed E-state index contributed by atoms with van der Waals surface area (Å²) < 4.78 is 0. The highest BCUT2D eigenvalue weighted by molar-refractivity contribution is 5.42. The van der Waals surface area contributed by atoms with E-state index in [1.165, 1.54) is 58.0 Å². The number of unbranched alkanes of at least 4 members (excludes halogenated alkanes) is 2. The van der Waals surface area contributed by atoms with E-state index in [4.69, 9.17) is 0 Å². The van der Waals surface area contributed by atoms with Crippen molar-refractivity contribution in [2.45, 2.75) is 96.6 Å². The summed E-state index contributed by atoms with van der Waals surface area (Å²) >= 11 is 0. The lowest BCUT2D eigenvalue weighted by Gasteiger charge is -2.38. The summed E-state index contributed by atoms with van der Waals surface area (Å²) in [7, 11) is 4.68. The van der Waals surface area contributed by atoms with E-state index in [2.05, 4.69) is 88.0 Å². The second-order valence-electron chi connectivity index (χ2n) is 11.3. The number of benzene rings is 2. The number of fused-ring (bicyclic) bond motifs is 2. The molecule has 0 radical (unpaired) electrons. The maximum absolute atomic E-state index is 2.62. The summed E-state index contributed by atoms with van der Waals surface area (Å²) in [4.78, 5) is 5.24. The highest BCUT2D eigenvalue weighted by Crippen LogP contribution is 2.40. The minimum absolute atomic E-state index is 0.595. The molecule has 2 heteroatoms. The molecule has 2 atom stereocenters. The molecule has 2 aromatic rings. The number of hydrogen-bond donors (Lipinski definition) is 0. The minimum atomic E-state index is 0.595. The van der Waals surface area contributed by atoms with Gasteiger partial charge in [0.25, 0.3) is 0 Å². The van der Waals surface area contributed by atoms with Crippen LogP contribution in [0.4, 0.5) is 0 Å². The first-order chi connectivity index (χ1) is 15.9. The van der Waals surface area contributed by atoms with Gasteiger partial charge in [-0.25, -0.2) is 0 Å². The van der Waals surface area contributed by atoms with E-state index in [1.807, 2.05) is 0 Å². The largest absolute Gasteiger partial charge is 0.299 e. The molecule has 0 bridgehead atoms. The zero-order valence-corrected chi connectivity index (χ0v) is 22.0. The number of rotatable bonds is 8. The van der Waals surface area contributed by atoms with Gasteiger partial charge >= 0.3 is 0 Å². The van der Waals surface area contributed by atoms with Crippen LogP contribution in [0.3, 0.4) is 0 Å². The zero-order valence-electron chi connectivity index (χ0n) is 22.0. The molecule has 33 heavy (non-hydrogen) atoms. The van der Waals surface area contributed by atoms with Crippen LogP contribution in [0.2, 0.25) is 0 Å². The van der Waals surface area contributed by atoms with Crippen LogP contribution in [0, 0.1) is 0 Å². The highest BCUT2D eigenvalue weighted by Gasteiger charge is 2.29. The molecule has 0 fully saturated rings. The summed E-state index contributed by atoms with van der Waals surface area (Å²) in [6, 6.07) is 15.3. The third-order valence-corrected chi connectivity index (χ3v) is 8.36. The third-order valence-electron chi connectivity index (χ3n) is 8.36. The van der Waals surface area contributed by atoms with Crippen molar-refractivity contribution in [1.82, 2.24) is 9.80 Å². The Bertz CT molecular complexity index is 853. The lowest BCUT2D eigenvalue weighted by molar-refractivity contribution is 0.204. The maximum atomic E-state index is 2.62. The Balaban J connectivity index is 1.39. The van der Waals surface area contributed by atoms with Crippen molar-refractivity contribution in [2.24, 2.45) is 0 Å². The van der Waals surface area contributed by atoms with Crippen LogP contribution in [0.25, 0.3) is 0 Å². The molecule has 2 unspecified atom stereocenters. The van der Waals surface area contributed by atoms with Crippen LogP contribution in [-0.4, -0.2) is 37.0 Å². The van der Waals surface area contributed by atoms with Crippen molar-refractivity contribution >= 4 is 0 Å². The Morgan fingerprint density at radius 1 is 0.667 bits per heavy atom. The first-order valence-electron chi connectivity index (χ1n) is 13.5.